The maximum Gasteiger partial charge on any atom is 0.304 e. The first kappa shape index (κ1) is 9.34. The van der Waals surface area contributed by atoms with Crippen LogP contribution in [0.15, 0.2) is 30.3 Å². The van der Waals surface area contributed by atoms with Gasteiger partial charge in [-0.05, 0) is 0 Å². The fourth-order valence-corrected chi connectivity index (χ4v) is 1.02. The summed E-state index contributed by atoms with van der Waals surface area (Å²) in [7, 11) is 0. The predicted octanol–water partition coefficient (Wildman–Crippen LogP) is 0.831. The Morgan fingerprint density at radius 1 is 1.33 bits per heavy atom. The predicted molar refractivity (Wildman–Crippen MR) is 43.3 cm³/mol. The van der Waals surface area contributed by atoms with E-state index in [1.54, 1.807) is 30.3 Å². The van der Waals surface area contributed by atoms with Gasteiger partial charge in [-0.3, -0.25) is 4.55 Å². The molecule has 12 heavy (non-hydrogen) atoms. The monoisotopic (exact) mass is 188 g/mol. The van der Waals surface area contributed by atoms with Gasteiger partial charge in [-0.15, -0.1) is 0 Å². The highest BCUT2D eigenvalue weighted by molar-refractivity contribution is 7.74. The van der Waals surface area contributed by atoms with Crippen LogP contribution in [0.25, 0.3) is 0 Å². The molecule has 1 rings (SSSR count). The number of benzene rings is 1. The summed E-state index contributed by atoms with van der Waals surface area (Å²) in [6.45, 7) is 0. The zero-order valence-corrected chi connectivity index (χ0v) is 6.90. The minimum absolute atomic E-state index is 0.444. The topological polar surface area (TPSA) is 66.8 Å². The van der Waals surface area contributed by atoms with Crippen LogP contribution in [0.5, 0.6) is 0 Å². The first-order valence-electron chi connectivity index (χ1n) is 3.21. The summed E-state index contributed by atoms with van der Waals surface area (Å²) in [6.07, 6.45) is -1.35. The van der Waals surface area contributed by atoms with Crippen molar-refractivity contribution in [1.82, 2.24) is 0 Å². The van der Waals surface area contributed by atoms with Crippen molar-refractivity contribution in [2.75, 3.05) is 0 Å². The molecule has 2 unspecified atom stereocenters. The van der Waals surface area contributed by atoms with Gasteiger partial charge in [0, 0.05) is 5.56 Å². The van der Waals surface area contributed by atoms with E-state index in [4.69, 9.17) is 9.66 Å². The lowest BCUT2D eigenvalue weighted by Gasteiger charge is -2.07. The highest BCUT2D eigenvalue weighted by Crippen LogP contribution is 2.13. The van der Waals surface area contributed by atoms with Gasteiger partial charge in [0.25, 0.3) is 0 Å². The molecule has 2 N–H and O–H groups in total. The van der Waals surface area contributed by atoms with Gasteiger partial charge in [0.2, 0.25) is 0 Å². The highest BCUT2D eigenvalue weighted by atomic mass is 32.2. The molecule has 0 spiro atoms. The Morgan fingerprint density at radius 2 is 1.92 bits per heavy atom. The number of rotatable bonds is 3. The van der Waals surface area contributed by atoms with Gasteiger partial charge in [0.15, 0.2) is 6.29 Å². The Labute approximate surface area is 72.3 Å². The van der Waals surface area contributed by atoms with Gasteiger partial charge in [0.1, 0.15) is 0 Å². The van der Waals surface area contributed by atoms with Crippen molar-refractivity contribution < 1.29 is 18.1 Å². The SMILES string of the molecule is O=S(O)OC(O)c1ccccc1. The first-order valence-corrected chi connectivity index (χ1v) is 4.24. The van der Waals surface area contributed by atoms with Crippen molar-refractivity contribution in [3.05, 3.63) is 35.9 Å². The smallest absolute Gasteiger partial charge is 0.304 e. The number of hydrogen-bond donors (Lipinski definition) is 2. The number of aliphatic hydroxyl groups is 1. The van der Waals surface area contributed by atoms with E-state index in [1.165, 1.54) is 0 Å². The molecular weight excluding hydrogens is 180 g/mol. The molecule has 5 heteroatoms. The summed E-state index contributed by atoms with van der Waals surface area (Å²) in [4.78, 5) is 0. The standard InChI is InChI=1S/C7H8O4S/c8-7(11-12(9)10)6-4-2-1-3-5-6/h1-5,7-8H,(H,9,10). The van der Waals surface area contributed by atoms with Crippen LogP contribution in [-0.2, 0) is 15.5 Å². The van der Waals surface area contributed by atoms with Crippen LogP contribution in [0, 0.1) is 0 Å². The van der Waals surface area contributed by atoms with Crippen LogP contribution >= 0.6 is 0 Å². The molecular formula is C7H8O4S. The molecule has 66 valence electrons. The summed E-state index contributed by atoms with van der Waals surface area (Å²) >= 11 is -2.45. The van der Waals surface area contributed by atoms with E-state index < -0.39 is 17.7 Å². The van der Waals surface area contributed by atoms with Gasteiger partial charge in [-0.1, -0.05) is 30.3 Å². The van der Waals surface area contributed by atoms with E-state index in [0.717, 1.165) is 0 Å². The Morgan fingerprint density at radius 3 is 2.42 bits per heavy atom. The molecule has 0 aliphatic carbocycles. The fraction of sp³-hybridized carbons (Fsp3) is 0.143. The normalized spacial score (nSPS) is 15.5. The van der Waals surface area contributed by atoms with Crippen LogP contribution in [0.1, 0.15) is 11.9 Å². The minimum Gasteiger partial charge on any atom is -0.363 e. The lowest BCUT2D eigenvalue weighted by atomic mass is 10.2. The summed E-state index contributed by atoms with van der Waals surface area (Å²) in [5.41, 5.74) is 0.444. The zero-order chi connectivity index (χ0) is 8.97. The van der Waals surface area contributed by atoms with Gasteiger partial charge in [-0.25, -0.2) is 4.18 Å². The van der Waals surface area contributed by atoms with Crippen LogP contribution in [0.3, 0.4) is 0 Å². The fourth-order valence-electron chi connectivity index (χ4n) is 0.751. The molecule has 1 aromatic rings. The molecule has 0 saturated carbocycles. The van der Waals surface area contributed by atoms with E-state index in [0.29, 0.717) is 5.56 Å². The minimum atomic E-state index is -2.45. The second-order valence-corrected chi connectivity index (χ2v) is 2.70. The Bertz CT molecular complexity index is 261. The second-order valence-electron chi connectivity index (χ2n) is 2.08. The highest BCUT2D eigenvalue weighted by Gasteiger charge is 2.09. The third-order valence-electron chi connectivity index (χ3n) is 1.26. The van der Waals surface area contributed by atoms with E-state index in [2.05, 4.69) is 4.18 Å². The molecule has 0 fully saturated rings. The summed E-state index contributed by atoms with van der Waals surface area (Å²) in [5, 5.41) is 9.12. The van der Waals surface area contributed by atoms with Crippen LogP contribution in [-0.4, -0.2) is 13.9 Å². The number of hydrogen-bond acceptors (Lipinski definition) is 3. The molecule has 0 aliphatic rings. The van der Waals surface area contributed by atoms with Crippen LogP contribution in [0.2, 0.25) is 0 Å². The molecule has 0 bridgehead atoms. The number of aliphatic hydroxyl groups excluding tert-OH is 1. The summed E-state index contributed by atoms with van der Waals surface area (Å²) in [5.74, 6) is 0. The van der Waals surface area contributed by atoms with E-state index in [1.807, 2.05) is 0 Å². The molecule has 1 aromatic carbocycles. The van der Waals surface area contributed by atoms with Crippen LogP contribution < -0.4 is 0 Å². The van der Waals surface area contributed by atoms with Crippen molar-refractivity contribution in [2.45, 2.75) is 6.29 Å². The van der Waals surface area contributed by atoms with E-state index >= 15 is 0 Å². The molecule has 0 amide bonds. The van der Waals surface area contributed by atoms with E-state index in [-0.39, 0.29) is 0 Å². The Kier molecular flexibility index (Phi) is 3.36. The summed E-state index contributed by atoms with van der Waals surface area (Å²) in [6, 6.07) is 8.35. The van der Waals surface area contributed by atoms with Crippen molar-refractivity contribution >= 4 is 11.4 Å². The average molecular weight is 188 g/mol. The van der Waals surface area contributed by atoms with Gasteiger partial charge >= 0.3 is 11.4 Å². The lowest BCUT2D eigenvalue weighted by molar-refractivity contribution is -0.0150. The van der Waals surface area contributed by atoms with Gasteiger partial charge in [-0.2, -0.15) is 4.21 Å². The zero-order valence-electron chi connectivity index (χ0n) is 6.08. The first-order chi connectivity index (χ1) is 5.70. The van der Waals surface area contributed by atoms with Crippen molar-refractivity contribution in [3.8, 4) is 0 Å². The third kappa shape index (κ3) is 2.71. The maximum absolute atomic E-state index is 10.1. The van der Waals surface area contributed by atoms with Crippen molar-refractivity contribution in [2.24, 2.45) is 0 Å². The van der Waals surface area contributed by atoms with Gasteiger partial charge in [0.05, 0.1) is 0 Å². The second kappa shape index (κ2) is 4.32. The molecule has 0 heterocycles. The molecule has 4 nitrogen and oxygen atoms in total. The molecule has 0 aromatic heterocycles. The molecule has 0 saturated heterocycles. The van der Waals surface area contributed by atoms with Gasteiger partial charge < -0.3 is 5.11 Å². The molecule has 0 aliphatic heterocycles. The molecule has 0 radical (unpaired) electrons. The third-order valence-corrected chi connectivity index (χ3v) is 1.61. The average Bonchev–Trinajstić information content (AvgIpc) is 2.05. The van der Waals surface area contributed by atoms with E-state index in [9.17, 15) is 4.21 Å². The molecule has 2 atom stereocenters. The Hall–Kier alpha value is -0.750. The summed E-state index contributed by atoms with van der Waals surface area (Å²) < 4.78 is 22.6. The van der Waals surface area contributed by atoms with Crippen molar-refractivity contribution in [1.29, 1.82) is 0 Å². The Balaban J connectivity index is 2.65. The lowest BCUT2D eigenvalue weighted by Crippen LogP contribution is -2.04. The largest absolute Gasteiger partial charge is 0.363 e. The maximum atomic E-state index is 10.1. The van der Waals surface area contributed by atoms with Crippen LogP contribution in [0.4, 0.5) is 0 Å². The van der Waals surface area contributed by atoms with Crippen molar-refractivity contribution in [3.63, 3.8) is 0 Å². The quantitative estimate of drug-likeness (QED) is 0.544.